The van der Waals surface area contributed by atoms with E-state index in [0.29, 0.717) is 18.2 Å². The predicted octanol–water partition coefficient (Wildman–Crippen LogP) is 2.64. The summed E-state index contributed by atoms with van der Waals surface area (Å²) in [7, 11) is -3.31. The summed E-state index contributed by atoms with van der Waals surface area (Å²) in [4.78, 5) is 0. The first-order valence-corrected chi connectivity index (χ1v) is 8.65. The third-order valence-corrected chi connectivity index (χ3v) is 6.24. The van der Waals surface area contributed by atoms with Crippen molar-refractivity contribution in [3.05, 3.63) is 0 Å². The molecular weight excluding hydrogens is 250 g/mol. The fourth-order valence-electron chi connectivity index (χ4n) is 3.49. The lowest BCUT2D eigenvalue weighted by molar-refractivity contribution is 0.134. The number of fused-ring (bicyclic) bond motifs is 1. The second-order valence-electron chi connectivity index (χ2n) is 5.83. The summed E-state index contributed by atoms with van der Waals surface area (Å²) in [6, 6.07) is 0. The summed E-state index contributed by atoms with van der Waals surface area (Å²) >= 11 is 0. The van der Waals surface area contributed by atoms with Crippen LogP contribution in [0.4, 0.5) is 0 Å². The molecule has 102 valence electrons. The van der Waals surface area contributed by atoms with Gasteiger partial charge in [0.2, 0.25) is 5.90 Å². The van der Waals surface area contributed by atoms with Crippen LogP contribution >= 0.6 is 0 Å². The molecule has 0 spiro atoms. The van der Waals surface area contributed by atoms with Crippen molar-refractivity contribution in [2.45, 2.75) is 69.1 Å². The van der Waals surface area contributed by atoms with Gasteiger partial charge in [-0.2, -0.15) is 0 Å². The van der Waals surface area contributed by atoms with E-state index in [0.717, 1.165) is 25.7 Å². The van der Waals surface area contributed by atoms with Crippen LogP contribution in [0.5, 0.6) is 0 Å². The molecule has 0 saturated heterocycles. The van der Waals surface area contributed by atoms with E-state index in [1.165, 1.54) is 25.7 Å². The molecule has 2 atom stereocenters. The van der Waals surface area contributed by atoms with Crippen molar-refractivity contribution in [2.24, 2.45) is 10.3 Å². The Labute approximate surface area is 109 Å². The highest BCUT2D eigenvalue weighted by Crippen LogP contribution is 2.34. The van der Waals surface area contributed by atoms with E-state index in [2.05, 4.69) is 4.40 Å². The Morgan fingerprint density at radius 3 is 2.50 bits per heavy atom. The molecule has 3 rings (SSSR count). The van der Waals surface area contributed by atoms with Crippen molar-refractivity contribution in [3.63, 3.8) is 0 Å². The first-order chi connectivity index (χ1) is 8.65. The monoisotopic (exact) mass is 271 g/mol. The van der Waals surface area contributed by atoms with Crippen LogP contribution in [-0.4, -0.2) is 25.7 Å². The van der Waals surface area contributed by atoms with Gasteiger partial charge in [-0.3, -0.25) is 0 Å². The van der Waals surface area contributed by atoms with Crippen molar-refractivity contribution in [3.8, 4) is 0 Å². The number of hydrogen-bond donors (Lipinski definition) is 0. The van der Waals surface area contributed by atoms with Crippen molar-refractivity contribution in [1.29, 1.82) is 0 Å². The molecular formula is C13H21NO3S. The van der Waals surface area contributed by atoms with Gasteiger partial charge in [0.25, 0.3) is 10.0 Å². The third-order valence-electron chi connectivity index (χ3n) is 4.48. The van der Waals surface area contributed by atoms with Crippen molar-refractivity contribution in [2.75, 3.05) is 0 Å². The van der Waals surface area contributed by atoms with Gasteiger partial charge < -0.3 is 4.74 Å². The highest BCUT2D eigenvalue weighted by Gasteiger charge is 2.41. The van der Waals surface area contributed by atoms with Crippen LogP contribution < -0.4 is 0 Å². The first kappa shape index (κ1) is 12.5. The van der Waals surface area contributed by atoms with E-state index in [9.17, 15) is 8.42 Å². The van der Waals surface area contributed by atoms with Gasteiger partial charge >= 0.3 is 0 Å². The van der Waals surface area contributed by atoms with E-state index >= 15 is 0 Å². The van der Waals surface area contributed by atoms with E-state index in [1.54, 1.807) is 0 Å². The van der Waals surface area contributed by atoms with Gasteiger partial charge in [0.1, 0.15) is 11.4 Å². The number of ether oxygens (including phenoxy) is 1. The maximum absolute atomic E-state index is 12.1. The number of hydrogen-bond acceptors (Lipinski definition) is 3. The van der Waals surface area contributed by atoms with Crippen LogP contribution in [0.1, 0.15) is 57.8 Å². The van der Waals surface area contributed by atoms with Crippen LogP contribution in [0.25, 0.3) is 0 Å². The smallest absolute Gasteiger partial charge is 0.262 e. The van der Waals surface area contributed by atoms with Crippen molar-refractivity contribution >= 4 is 15.9 Å². The number of sulfonamides is 1. The largest absolute Gasteiger partial charge is 0.475 e. The molecule has 0 radical (unpaired) electrons. The van der Waals surface area contributed by atoms with Gasteiger partial charge in [-0.25, -0.2) is 8.42 Å². The van der Waals surface area contributed by atoms with Gasteiger partial charge in [0, 0.05) is 6.42 Å². The van der Waals surface area contributed by atoms with Gasteiger partial charge in [-0.1, -0.05) is 19.3 Å². The average molecular weight is 271 g/mol. The minimum absolute atomic E-state index is 0.127. The zero-order valence-electron chi connectivity index (χ0n) is 10.7. The molecule has 1 heterocycles. The fourth-order valence-corrected chi connectivity index (χ4v) is 5.07. The molecule has 0 aromatic heterocycles. The summed E-state index contributed by atoms with van der Waals surface area (Å²) in [5.41, 5.74) is 0. The third kappa shape index (κ3) is 2.42. The first-order valence-electron chi connectivity index (χ1n) is 7.14. The second-order valence-corrected chi connectivity index (χ2v) is 7.65. The Morgan fingerprint density at radius 2 is 1.72 bits per heavy atom. The number of nitrogens with zero attached hydrogens (tertiary/aromatic N) is 1. The molecule has 4 nitrogen and oxygen atoms in total. The van der Waals surface area contributed by atoms with Crippen molar-refractivity contribution < 1.29 is 13.2 Å². The zero-order chi connectivity index (χ0) is 12.6. The molecule has 0 aromatic rings. The molecule has 2 fully saturated rings. The van der Waals surface area contributed by atoms with E-state index in [1.807, 2.05) is 0 Å². The number of rotatable bonds is 2. The molecule has 0 bridgehead atoms. The summed E-state index contributed by atoms with van der Waals surface area (Å²) < 4.78 is 34.1. The Kier molecular flexibility index (Phi) is 3.34. The standard InChI is InChI=1S/C13H21NO3S/c15-18(16)12-8-4-3-7-11(12)17-13(14-18)9-10-5-1-2-6-10/h10-12H,1-9H2. The summed E-state index contributed by atoms with van der Waals surface area (Å²) in [5.74, 6) is 1.07. The lowest BCUT2D eigenvalue weighted by atomic mass is 9.96. The summed E-state index contributed by atoms with van der Waals surface area (Å²) in [6.45, 7) is 0. The highest BCUT2D eigenvalue weighted by molar-refractivity contribution is 7.91. The maximum Gasteiger partial charge on any atom is 0.262 e. The summed E-state index contributed by atoms with van der Waals surface area (Å²) in [6.07, 6.45) is 9.15. The molecule has 5 heteroatoms. The SMILES string of the molecule is O=S1(=O)N=C(CC2CCCC2)OC2CCCCC21. The molecule has 3 aliphatic rings. The lowest BCUT2D eigenvalue weighted by Gasteiger charge is -2.34. The Morgan fingerprint density at radius 1 is 1.06 bits per heavy atom. The zero-order valence-corrected chi connectivity index (χ0v) is 11.5. The fraction of sp³-hybridized carbons (Fsp3) is 0.923. The summed E-state index contributed by atoms with van der Waals surface area (Å²) in [5, 5.41) is -0.376. The second kappa shape index (κ2) is 4.83. The van der Waals surface area contributed by atoms with Crippen LogP contribution in [0, 0.1) is 5.92 Å². The molecule has 18 heavy (non-hydrogen) atoms. The molecule has 0 aromatic carbocycles. The van der Waals surface area contributed by atoms with Crippen LogP contribution in [0.15, 0.2) is 4.40 Å². The predicted molar refractivity (Wildman–Crippen MR) is 70.1 cm³/mol. The average Bonchev–Trinajstić information content (AvgIpc) is 2.81. The Bertz CT molecular complexity index is 437. The van der Waals surface area contributed by atoms with Gasteiger partial charge in [0.15, 0.2) is 0 Å². The van der Waals surface area contributed by atoms with Crippen LogP contribution in [-0.2, 0) is 14.8 Å². The maximum atomic E-state index is 12.1. The molecule has 1 aliphatic heterocycles. The minimum atomic E-state index is -3.31. The van der Waals surface area contributed by atoms with Crippen molar-refractivity contribution in [1.82, 2.24) is 0 Å². The van der Waals surface area contributed by atoms with Gasteiger partial charge in [-0.05, 0) is 38.0 Å². The molecule has 0 N–H and O–H groups in total. The normalized spacial score (nSPS) is 35.7. The van der Waals surface area contributed by atoms with Crippen LogP contribution in [0.2, 0.25) is 0 Å². The molecule has 0 amide bonds. The van der Waals surface area contributed by atoms with E-state index in [-0.39, 0.29) is 11.4 Å². The van der Waals surface area contributed by atoms with Gasteiger partial charge in [0.05, 0.1) is 0 Å². The molecule has 2 aliphatic carbocycles. The Hall–Kier alpha value is -0.580. The van der Waals surface area contributed by atoms with Gasteiger partial charge in [-0.15, -0.1) is 4.40 Å². The molecule has 2 saturated carbocycles. The minimum Gasteiger partial charge on any atom is -0.475 e. The highest BCUT2D eigenvalue weighted by atomic mass is 32.2. The van der Waals surface area contributed by atoms with Crippen LogP contribution in [0.3, 0.4) is 0 Å². The Balaban J connectivity index is 1.76. The quantitative estimate of drug-likeness (QED) is 0.775. The van der Waals surface area contributed by atoms with E-state index < -0.39 is 10.0 Å². The molecule has 2 unspecified atom stereocenters. The topological polar surface area (TPSA) is 55.7 Å². The lowest BCUT2D eigenvalue weighted by Crippen LogP contribution is -2.43. The van der Waals surface area contributed by atoms with E-state index in [4.69, 9.17) is 4.74 Å².